The maximum Gasteiger partial charge on any atom is 0.319 e. The van der Waals surface area contributed by atoms with E-state index in [0.29, 0.717) is 42.7 Å². The molecule has 0 unspecified atom stereocenters. The van der Waals surface area contributed by atoms with E-state index in [0.717, 1.165) is 0 Å². The first-order chi connectivity index (χ1) is 11.7. The molecule has 0 saturated carbocycles. The topological polar surface area (TPSA) is 96.9 Å². The predicted molar refractivity (Wildman–Crippen MR) is 96.5 cm³/mol. The number of hydrogen-bond donors (Lipinski definition) is 3. The van der Waals surface area contributed by atoms with Crippen LogP contribution < -0.4 is 15.4 Å². The van der Waals surface area contributed by atoms with Gasteiger partial charge in [0.2, 0.25) is 0 Å². The van der Waals surface area contributed by atoms with Crippen molar-refractivity contribution in [1.29, 1.82) is 0 Å². The number of nitrogens with one attached hydrogen (secondary N) is 2. The highest BCUT2D eigenvalue weighted by atomic mass is 35.5. The third-order valence-corrected chi connectivity index (χ3v) is 3.53. The number of urea groups is 1. The molecule has 1 rings (SSSR count). The molecule has 0 fully saturated rings. The minimum Gasteiger partial charge on any atom is -0.489 e. The Bertz CT molecular complexity index is 592. The summed E-state index contributed by atoms with van der Waals surface area (Å²) in [6.07, 6.45) is 0.277. The van der Waals surface area contributed by atoms with Gasteiger partial charge in [0.1, 0.15) is 12.4 Å². The van der Waals surface area contributed by atoms with E-state index in [1.807, 2.05) is 6.92 Å². The van der Waals surface area contributed by atoms with Gasteiger partial charge in [-0.1, -0.05) is 11.6 Å². The highest BCUT2D eigenvalue weighted by Crippen LogP contribution is 2.28. The van der Waals surface area contributed by atoms with Gasteiger partial charge in [0, 0.05) is 23.6 Å². The first kappa shape index (κ1) is 21.1. The molecule has 140 valence electrons. The number of carboxylic acids is 1. The molecule has 2 amide bonds. The summed E-state index contributed by atoms with van der Waals surface area (Å²) in [5.41, 5.74) is -0.243. The number of rotatable bonds is 10. The first-order valence-electron chi connectivity index (χ1n) is 8.04. The smallest absolute Gasteiger partial charge is 0.319 e. The van der Waals surface area contributed by atoms with Gasteiger partial charge in [-0.25, -0.2) is 4.79 Å². The van der Waals surface area contributed by atoms with Crippen LogP contribution in [0.5, 0.6) is 5.75 Å². The quantitative estimate of drug-likeness (QED) is 0.546. The number of aliphatic carboxylic acids is 1. The largest absolute Gasteiger partial charge is 0.489 e. The third kappa shape index (κ3) is 8.60. The normalized spacial score (nSPS) is 11.0. The summed E-state index contributed by atoms with van der Waals surface area (Å²) in [6, 6.07) is 4.45. The van der Waals surface area contributed by atoms with E-state index in [1.54, 1.807) is 32.0 Å². The molecule has 0 aromatic heterocycles. The van der Waals surface area contributed by atoms with Crippen LogP contribution in [0.15, 0.2) is 18.2 Å². The molecule has 3 N–H and O–H groups in total. The number of hydrogen-bond acceptors (Lipinski definition) is 4. The number of halogens is 1. The van der Waals surface area contributed by atoms with E-state index in [-0.39, 0.29) is 6.42 Å². The van der Waals surface area contributed by atoms with Crippen LogP contribution in [0.2, 0.25) is 5.02 Å². The van der Waals surface area contributed by atoms with Gasteiger partial charge in [0.05, 0.1) is 12.3 Å². The predicted octanol–water partition coefficient (Wildman–Crippen LogP) is 3.52. The Morgan fingerprint density at radius 1 is 1.28 bits per heavy atom. The molecule has 25 heavy (non-hydrogen) atoms. The molecule has 1 aromatic carbocycles. The van der Waals surface area contributed by atoms with Crippen LogP contribution in [0.1, 0.15) is 33.6 Å². The van der Waals surface area contributed by atoms with Crippen LogP contribution >= 0.6 is 11.6 Å². The minimum absolute atomic E-state index is 0.0315. The maximum atomic E-state index is 12.2. The van der Waals surface area contributed by atoms with Crippen LogP contribution in [-0.4, -0.2) is 42.5 Å². The highest BCUT2D eigenvalue weighted by molar-refractivity contribution is 6.31. The van der Waals surface area contributed by atoms with Crippen molar-refractivity contribution in [3.63, 3.8) is 0 Å². The summed E-state index contributed by atoms with van der Waals surface area (Å²) in [4.78, 5) is 22.9. The van der Waals surface area contributed by atoms with Gasteiger partial charge in [-0.15, -0.1) is 0 Å². The summed E-state index contributed by atoms with van der Waals surface area (Å²) >= 11 is 5.98. The van der Waals surface area contributed by atoms with Crippen molar-refractivity contribution in [2.24, 2.45) is 0 Å². The number of ether oxygens (including phenoxy) is 2. The zero-order valence-electron chi connectivity index (χ0n) is 14.7. The number of amides is 2. The fraction of sp³-hybridized carbons (Fsp3) is 0.529. The molecule has 0 radical (unpaired) electrons. The molecule has 0 saturated heterocycles. The van der Waals surface area contributed by atoms with E-state index in [1.165, 1.54) is 0 Å². The molecule has 0 aliphatic carbocycles. The van der Waals surface area contributed by atoms with E-state index in [2.05, 4.69) is 10.6 Å². The molecule has 0 aliphatic rings. The first-order valence-corrected chi connectivity index (χ1v) is 8.42. The van der Waals surface area contributed by atoms with Crippen LogP contribution in [0, 0.1) is 0 Å². The molecular formula is C17H25ClN2O5. The van der Waals surface area contributed by atoms with E-state index >= 15 is 0 Å². The van der Waals surface area contributed by atoms with Gasteiger partial charge in [0.25, 0.3) is 0 Å². The van der Waals surface area contributed by atoms with Crippen molar-refractivity contribution in [3.8, 4) is 5.75 Å². The van der Waals surface area contributed by atoms with E-state index in [4.69, 9.17) is 26.2 Å². The number of carbonyl (C=O) groups excluding carboxylic acids is 1. The summed E-state index contributed by atoms with van der Waals surface area (Å²) in [6.45, 7) is 6.79. The molecular weight excluding hydrogens is 348 g/mol. The van der Waals surface area contributed by atoms with Gasteiger partial charge < -0.3 is 25.2 Å². The van der Waals surface area contributed by atoms with Crippen molar-refractivity contribution in [2.45, 2.75) is 39.2 Å². The minimum atomic E-state index is -0.907. The van der Waals surface area contributed by atoms with E-state index < -0.39 is 17.5 Å². The van der Waals surface area contributed by atoms with Crippen LogP contribution in [0.25, 0.3) is 0 Å². The van der Waals surface area contributed by atoms with Gasteiger partial charge in [0.15, 0.2) is 0 Å². The summed E-state index contributed by atoms with van der Waals surface area (Å²) in [7, 11) is 0. The van der Waals surface area contributed by atoms with Crippen molar-refractivity contribution >= 4 is 29.3 Å². The van der Waals surface area contributed by atoms with Gasteiger partial charge >= 0.3 is 12.0 Å². The molecule has 0 bridgehead atoms. The third-order valence-electron chi connectivity index (χ3n) is 3.29. The van der Waals surface area contributed by atoms with Crippen molar-refractivity contribution in [3.05, 3.63) is 23.2 Å². The second kappa shape index (κ2) is 10.1. The second-order valence-corrected chi connectivity index (χ2v) is 6.48. The fourth-order valence-electron chi connectivity index (χ4n) is 2.02. The zero-order chi connectivity index (χ0) is 18.9. The molecule has 0 atom stereocenters. The molecule has 0 aliphatic heterocycles. The molecule has 8 heteroatoms. The Kier molecular flexibility index (Phi) is 8.51. The lowest BCUT2D eigenvalue weighted by Crippen LogP contribution is -2.45. The summed E-state index contributed by atoms with van der Waals surface area (Å²) in [5.74, 6) is -0.433. The Morgan fingerprint density at radius 2 is 2.00 bits per heavy atom. The molecule has 7 nitrogen and oxygen atoms in total. The standard InChI is InChI=1S/C17H25ClN2O5/c1-4-24-9-10-25-14-6-5-12(18)11-13(14)19-16(23)20-17(2,3)8-7-15(21)22/h5-6,11H,4,7-10H2,1-3H3,(H,21,22)(H2,19,20,23). The Balaban J connectivity index is 2.68. The van der Waals surface area contributed by atoms with Gasteiger partial charge in [-0.05, 0) is 45.4 Å². The summed E-state index contributed by atoms with van der Waals surface area (Å²) < 4.78 is 10.8. The average Bonchev–Trinajstić information content (AvgIpc) is 2.51. The number of carboxylic acid groups (broad SMARTS) is 1. The fourth-order valence-corrected chi connectivity index (χ4v) is 2.20. The SMILES string of the molecule is CCOCCOc1ccc(Cl)cc1NC(=O)NC(C)(C)CCC(=O)O. The monoisotopic (exact) mass is 372 g/mol. The Hall–Kier alpha value is -1.99. The van der Waals surface area contributed by atoms with Crippen molar-refractivity contribution < 1.29 is 24.2 Å². The number of anilines is 1. The lowest BCUT2D eigenvalue weighted by Gasteiger charge is -2.26. The second-order valence-electron chi connectivity index (χ2n) is 6.04. The van der Waals surface area contributed by atoms with Crippen LogP contribution in [0.3, 0.4) is 0 Å². The maximum absolute atomic E-state index is 12.2. The highest BCUT2D eigenvalue weighted by Gasteiger charge is 2.22. The average molecular weight is 373 g/mol. The molecule has 0 heterocycles. The van der Waals surface area contributed by atoms with Crippen LogP contribution in [-0.2, 0) is 9.53 Å². The van der Waals surface area contributed by atoms with E-state index in [9.17, 15) is 9.59 Å². The Morgan fingerprint density at radius 3 is 2.64 bits per heavy atom. The van der Waals surface area contributed by atoms with Gasteiger partial charge in [-0.3, -0.25) is 4.79 Å². The molecule has 1 aromatic rings. The Labute approximate surface area is 152 Å². The lowest BCUT2D eigenvalue weighted by atomic mass is 9.99. The van der Waals surface area contributed by atoms with Crippen molar-refractivity contribution in [1.82, 2.24) is 5.32 Å². The molecule has 0 spiro atoms. The lowest BCUT2D eigenvalue weighted by molar-refractivity contribution is -0.137. The van der Waals surface area contributed by atoms with Crippen LogP contribution in [0.4, 0.5) is 10.5 Å². The summed E-state index contributed by atoms with van der Waals surface area (Å²) in [5, 5.41) is 14.7. The zero-order valence-corrected chi connectivity index (χ0v) is 15.5. The van der Waals surface area contributed by atoms with Gasteiger partial charge in [-0.2, -0.15) is 0 Å². The number of carbonyl (C=O) groups is 2. The van der Waals surface area contributed by atoms with Crippen molar-refractivity contribution in [2.75, 3.05) is 25.1 Å². The number of benzene rings is 1.